The quantitative estimate of drug-likeness (QED) is 0.504. The van der Waals surface area contributed by atoms with Gasteiger partial charge in [0.25, 0.3) is 15.9 Å². The maximum Gasteiger partial charge on any atom is 0.263 e. The van der Waals surface area contributed by atoms with Crippen LogP contribution in [0.5, 0.6) is 0 Å². The van der Waals surface area contributed by atoms with Crippen LogP contribution in [0, 0.1) is 13.8 Å². The molecule has 1 aliphatic heterocycles. The topological polar surface area (TPSA) is 104 Å². The summed E-state index contributed by atoms with van der Waals surface area (Å²) in [5, 5.41) is -0.0137. The van der Waals surface area contributed by atoms with Gasteiger partial charge in [-0.05, 0) is 56.3 Å². The van der Waals surface area contributed by atoms with Crippen LogP contribution in [-0.2, 0) is 20.0 Å². The van der Waals surface area contributed by atoms with Crippen LogP contribution in [0.3, 0.4) is 0 Å². The summed E-state index contributed by atoms with van der Waals surface area (Å²) in [7, 11) is -7.71. The van der Waals surface area contributed by atoms with E-state index in [9.17, 15) is 21.6 Å². The van der Waals surface area contributed by atoms with E-state index in [4.69, 9.17) is 11.6 Å². The first-order chi connectivity index (χ1) is 17.0. The smallest absolute Gasteiger partial charge is 0.263 e. The highest BCUT2D eigenvalue weighted by Crippen LogP contribution is 2.26. The molecule has 0 aliphatic carbocycles. The Morgan fingerprint density at radius 1 is 0.806 bits per heavy atom. The molecule has 0 atom stereocenters. The summed E-state index contributed by atoms with van der Waals surface area (Å²) >= 11 is 6.18. The molecule has 0 unspecified atom stereocenters. The molecule has 0 saturated carbocycles. The number of sulfonamides is 2. The molecule has 190 valence electrons. The van der Waals surface area contributed by atoms with E-state index in [0.29, 0.717) is 5.69 Å². The van der Waals surface area contributed by atoms with Gasteiger partial charge in [0.05, 0.1) is 9.92 Å². The van der Waals surface area contributed by atoms with E-state index in [1.807, 2.05) is 13.8 Å². The number of hydrogen-bond donors (Lipinski definition) is 1. The van der Waals surface area contributed by atoms with Gasteiger partial charge in [-0.1, -0.05) is 47.0 Å². The number of rotatable bonds is 6. The van der Waals surface area contributed by atoms with Gasteiger partial charge in [-0.25, -0.2) is 16.8 Å². The van der Waals surface area contributed by atoms with Crippen molar-refractivity contribution < 1.29 is 21.6 Å². The number of amides is 1. The lowest BCUT2D eigenvalue weighted by molar-refractivity contribution is 0.0697. The molecule has 3 aromatic carbocycles. The largest absolute Gasteiger partial charge is 0.336 e. The van der Waals surface area contributed by atoms with Crippen LogP contribution in [0.2, 0.25) is 5.02 Å². The Hall–Kier alpha value is -2.92. The van der Waals surface area contributed by atoms with Crippen molar-refractivity contribution in [1.82, 2.24) is 9.21 Å². The second-order valence-corrected chi connectivity index (χ2v) is 12.6. The molecule has 8 nitrogen and oxygen atoms in total. The predicted octanol–water partition coefficient (Wildman–Crippen LogP) is 3.90. The number of nitrogens with one attached hydrogen (secondary N) is 1. The fraction of sp³-hybridized carbons (Fsp3) is 0.240. The summed E-state index contributed by atoms with van der Waals surface area (Å²) in [6, 6.07) is 17.5. The molecule has 1 aliphatic rings. The highest BCUT2D eigenvalue weighted by atomic mass is 35.5. The fourth-order valence-electron chi connectivity index (χ4n) is 3.85. The van der Waals surface area contributed by atoms with E-state index in [1.165, 1.54) is 27.4 Å². The average molecular weight is 548 g/mol. The second kappa shape index (κ2) is 10.2. The second-order valence-electron chi connectivity index (χ2n) is 8.63. The number of benzene rings is 3. The number of anilines is 1. The Kier molecular flexibility index (Phi) is 7.42. The average Bonchev–Trinajstić information content (AvgIpc) is 2.85. The summed E-state index contributed by atoms with van der Waals surface area (Å²) in [5.74, 6) is -0.397. The van der Waals surface area contributed by atoms with Crippen LogP contribution in [-0.4, -0.2) is 58.1 Å². The number of aryl methyl sites for hydroxylation is 2. The van der Waals surface area contributed by atoms with Crippen LogP contribution in [0.25, 0.3) is 0 Å². The van der Waals surface area contributed by atoms with Gasteiger partial charge in [0.15, 0.2) is 0 Å². The monoisotopic (exact) mass is 547 g/mol. The zero-order valence-electron chi connectivity index (χ0n) is 19.8. The maximum atomic E-state index is 13.1. The maximum absolute atomic E-state index is 13.1. The molecular formula is C25H26ClN3O5S2. The minimum absolute atomic E-state index is 0.0137. The van der Waals surface area contributed by atoms with Crippen molar-refractivity contribution >= 4 is 43.2 Å². The molecule has 0 radical (unpaired) electrons. The first kappa shape index (κ1) is 26.2. The number of carbonyl (C=O) groups is 1. The van der Waals surface area contributed by atoms with Crippen LogP contribution >= 0.6 is 11.6 Å². The minimum Gasteiger partial charge on any atom is -0.336 e. The number of piperazine rings is 1. The normalized spacial score (nSPS) is 15.0. The van der Waals surface area contributed by atoms with Crippen molar-refractivity contribution in [2.75, 3.05) is 30.9 Å². The number of halogens is 1. The van der Waals surface area contributed by atoms with Crippen LogP contribution in [0.1, 0.15) is 21.5 Å². The first-order valence-electron chi connectivity index (χ1n) is 11.2. The summed E-state index contributed by atoms with van der Waals surface area (Å²) < 4.78 is 55.7. The Morgan fingerprint density at radius 2 is 1.36 bits per heavy atom. The molecule has 36 heavy (non-hydrogen) atoms. The summed E-state index contributed by atoms with van der Waals surface area (Å²) in [5.41, 5.74) is 2.47. The third-order valence-electron chi connectivity index (χ3n) is 5.96. The molecule has 1 N–H and O–H groups in total. The molecule has 0 aromatic heterocycles. The molecule has 11 heteroatoms. The third-order valence-corrected chi connectivity index (χ3v) is 9.73. The van der Waals surface area contributed by atoms with Gasteiger partial charge in [0.2, 0.25) is 10.0 Å². The zero-order chi connectivity index (χ0) is 26.1. The Bertz CT molecular complexity index is 1480. The van der Waals surface area contributed by atoms with E-state index in [-0.39, 0.29) is 46.6 Å². The van der Waals surface area contributed by atoms with Crippen LogP contribution < -0.4 is 4.72 Å². The SMILES string of the molecule is Cc1ccc(NS(=O)(=O)c2cc(C(=O)N3CCN(S(=O)(=O)c4ccc(C)cc4)CC3)ccc2Cl)cc1. The van der Waals surface area contributed by atoms with Crippen molar-refractivity contribution in [3.05, 3.63) is 88.4 Å². The van der Waals surface area contributed by atoms with Gasteiger partial charge >= 0.3 is 0 Å². The molecule has 1 amide bonds. The third kappa shape index (κ3) is 5.57. The lowest BCUT2D eigenvalue weighted by Crippen LogP contribution is -2.50. The summed E-state index contributed by atoms with van der Waals surface area (Å²) in [6.07, 6.45) is 0. The molecule has 1 heterocycles. The Labute approximate surface area is 216 Å². The molecule has 4 rings (SSSR count). The molecule has 3 aromatic rings. The zero-order valence-corrected chi connectivity index (χ0v) is 22.2. The standard InChI is InChI=1S/C25H26ClN3O5S2/c1-18-3-8-21(9-4-18)27-35(31,32)24-17-20(7-12-23(24)26)25(30)28-13-15-29(16-14-28)36(33,34)22-10-5-19(2)6-11-22/h3-12,17,27H,13-16H2,1-2H3. The summed E-state index contributed by atoms with van der Waals surface area (Å²) in [6.45, 7) is 4.40. The van der Waals surface area contributed by atoms with Crippen molar-refractivity contribution in [1.29, 1.82) is 0 Å². The van der Waals surface area contributed by atoms with E-state index in [2.05, 4.69) is 4.72 Å². The van der Waals surface area contributed by atoms with Crippen molar-refractivity contribution in [2.24, 2.45) is 0 Å². The van der Waals surface area contributed by atoms with Gasteiger partial charge in [-0.15, -0.1) is 0 Å². The van der Waals surface area contributed by atoms with E-state index in [0.717, 1.165) is 11.1 Å². The van der Waals surface area contributed by atoms with Crippen molar-refractivity contribution in [3.63, 3.8) is 0 Å². The Balaban J connectivity index is 1.48. The van der Waals surface area contributed by atoms with Crippen LogP contribution in [0.4, 0.5) is 5.69 Å². The molecule has 0 bridgehead atoms. The summed E-state index contributed by atoms with van der Waals surface area (Å²) in [4.78, 5) is 14.7. The van der Waals surface area contributed by atoms with Gasteiger partial charge in [0, 0.05) is 37.4 Å². The predicted molar refractivity (Wildman–Crippen MR) is 139 cm³/mol. The van der Waals surface area contributed by atoms with Gasteiger partial charge in [-0.3, -0.25) is 9.52 Å². The van der Waals surface area contributed by atoms with E-state index in [1.54, 1.807) is 48.5 Å². The van der Waals surface area contributed by atoms with Crippen LogP contribution in [0.15, 0.2) is 76.5 Å². The van der Waals surface area contributed by atoms with Crippen molar-refractivity contribution in [3.8, 4) is 0 Å². The van der Waals surface area contributed by atoms with E-state index >= 15 is 0 Å². The fourth-order valence-corrected chi connectivity index (χ4v) is 6.86. The number of hydrogen-bond acceptors (Lipinski definition) is 5. The van der Waals surface area contributed by atoms with Gasteiger partial charge in [-0.2, -0.15) is 4.31 Å². The highest BCUT2D eigenvalue weighted by molar-refractivity contribution is 7.92. The highest BCUT2D eigenvalue weighted by Gasteiger charge is 2.31. The molecule has 0 spiro atoms. The van der Waals surface area contributed by atoms with Gasteiger partial charge < -0.3 is 4.90 Å². The van der Waals surface area contributed by atoms with Gasteiger partial charge in [0.1, 0.15) is 4.90 Å². The number of nitrogens with zero attached hydrogens (tertiary/aromatic N) is 2. The van der Waals surface area contributed by atoms with E-state index < -0.39 is 26.0 Å². The van der Waals surface area contributed by atoms with Crippen molar-refractivity contribution in [2.45, 2.75) is 23.6 Å². The number of carbonyl (C=O) groups excluding carboxylic acids is 1. The lowest BCUT2D eigenvalue weighted by atomic mass is 10.2. The lowest BCUT2D eigenvalue weighted by Gasteiger charge is -2.34. The first-order valence-corrected chi connectivity index (χ1v) is 14.5. The molecular weight excluding hydrogens is 522 g/mol. The molecule has 1 fully saturated rings. The Morgan fingerprint density at radius 3 is 1.94 bits per heavy atom. The minimum atomic E-state index is -4.05. The molecule has 1 saturated heterocycles.